The third-order valence-electron chi connectivity index (χ3n) is 5.20. The van der Waals surface area contributed by atoms with E-state index in [4.69, 9.17) is 19.9 Å². The van der Waals surface area contributed by atoms with Gasteiger partial charge in [0.05, 0.1) is 18.6 Å². The Morgan fingerprint density at radius 2 is 1.55 bits per heavy atom. The van der Waals surface area contributed by atoms with Crippen LogP contribution in [0.5, 0.6) is 5.75 Å². The molecule has 0 aliphatic rings. The van der Waals surface area contributed by atoms with Gasteiger partial charge in [0.2, 0.25) is 5.91 Å². The Morgan fingerprint density at radius 1 is 0.970 bits per heavy atom. The first kappa shape index (κ1) is 26.8. The number of hydrogen-bond acceptors (Lipinski definition) is 5. The topological polar surface area (TPSA) is 74.0 Å². The number of hydrogen-bond donors (Lipinski definition) is 1. The van der Waals surface area contributed by atoms with Crippen molar-refractivity contribution in [3.63, 3.8) is 0 Å². The Hall–Kier alpha value is -2.41. The zero-order valence-electron chi connectivity index (χ0n) is 20.9. The van der Waals surface area contributed by atoms with Crippen molar-refractivity contribution in [3.05, 3.63) is 65.7 Å². The molecule has 0 spiro atoms. The van der Waals surface area contributed by atoms with Crippen LogP contribution in [0.3, 0.4) is 0 Å². The fourth-order valence-electron chi connectivity index (χ4n) is 3.64. The van der Waals surface area contributed by atoms with Crippen LogP contribution >= 0.6 is 0 Å². The first-order valence-electron chi connectivity index (χ1n) is 11.8. The van der Waals surface area contributed by atoms with Gasteiger partial charge in [0.1, 0.15) is 11.4 Å². The Morgan fingerprint density at radius 3 is 2.06 bits per heavy atom. The molecule has 2 atom stereocenters. The van der Waals surface area contributed by atoms with Crippen LogP contribution in [-0.4, -0.2) is 48.5 Å². The van der Waals surface area contributed by atoms with Crippen molar-refractivity contribution in [1.82, 2.24) is 4.90 Å². The van der Waals surface area contributed by atoms with E-state index in [9.17, 15) is 4.79 Å². The van der Waals surface area contributed by atoms with Crippen LogP contribution in [0, 0.1) is 0 Å². The molecule has 0 aliphatic heterocycles. The van der Waals surface area contributed by atoms with Crippen molar-refractivity contribution in [2.45, 2.75) is 71.9 Å². The van der Waals surface area contributed by atoms with Gasteiger partial charge in [0, 0.05) is 13.2 Å². The summed E-state index contributed by atoms with van der Waals surface area (Å²) >= 11 is 0. The summed E-state index contributed by atoms with van der Waals surface area (Å²) < 4.78 is 17.3. The molecule has 0 saturated heterocycles. The van der Waals surface area contributed by atoms with Gasteiger partial charge in [-0.05, 0) is 71.2 Å². The highest BCUT2D eigenvalue weighted by atomic mass is 16.7. The van der Waals surface area contributed by atoms with Gasteiger partial charge in [-0.2, -0.15) is 0 Å². The van der Waals surface area contributed by atoms with E-state index in [-0.39, 0.29) is 17.6 Å². The zero-order valence-corrected chi connectivity index (χ0v) is 20.9. The molecule has 0 radical (unpaired) electrons. The monoisotopic (exact) mass is 456 g/mol. The molecule has 2 rings (SSSR count). The van der Waals surface area contributed by atoms with Crippen LogP contribution < -0.4 is 10.5 Å². The van der Waals surface area contributed by atoms with Crippen LogP contribution in [0.25, 0.3) is 0 Å². The Bertz CT molecular complexity index is 827. The minimum atomic E-state index is -0.686. The second kappa shape index (κ2) is 12.7. The normalized spacial score (nSPS) is 13.6. The van der Waals surface area contributed by atoms with Crippen molar-refractivity contribution in [2.24, 2.45) is 5.73 Å². The van der Waals surface area contributed by atoms with Gasteiger partial charge in [-0.1, -0.05) is 42.5 Å². The molecular formula is C27H40N2O4. The van der Waals surface area contributed by atoms with Gasteiger partial charge in [-0.15, -0.1) is 0 Å². The van der Waals surface area contributed by atoms with Crippen molar-refractivity contribution in [1.29, 1.82) is 0 Å². The predicted octanol–water partition coefficient (Wildman–Crippen LogP) is 4.72. The van der Waals surface area contributed by atoms with Gasteiger partial charge in [0.15, 0.2) is 6.29 Å². The molecule has 0 heterocycles. The molecule has 2 unspecified atom stereocenters. The van der Waals surface area contributed by atoms with Crippen molar-refractivity contribution in [3.8, 4) is 5.75 Å². The lowest BCUT2D eigenvalue weighted by Crippen LogP contribution is -2.49. The van der Waals surface area contributed by atoms with Gasteiger partial charge >= 0.3 is 0 Å². The minimum Gasteiger partial charge on any atom is -0.488 e. The van der Waals surface area contributed by atoms with E-state index >= 15 is 0 Å². The second-order valence-corrected chi connectivity index (χ2v) is 9.09. The Balaban J connectivity index is 2.18. The number of amides is 1. The smallest absolute Gasteiger partial charge is 0.240 e. The van der Waals surface area contributed by atoms with E-state index in [0.29, 0.717) is 26.2 Å². The van der Waals surface area contributed by atoms with Gasteiger partial charge in [-0.3, -0.25) is 4.79 Å². The molecule has 0 fully saturated rings. The average molecular weight is 457 g/mol. The summed E-state index contributed by atoms with van der Waals surface area (Å²) in [4.78, 5) is 15.3. The average Bonchev–Trinajstić information content (AvgIpc) is 2.77. The SMILES string of the molecule is CCOC(CN(C(=O)C(N)Cc1ccc(OC(C)(C)C)cc1)C(C)c1ccccc1)OCC. The number of rotatable bonds is 12. The maximum atomic E-state index is 13.5. The number of benzene rings is 2. The molecule has 6 heteroatoms. The largest absolute Gasteiger partial charge is 0.488 e. The summed E-state index contributed by atoms with van der Waals surface area (Å²) in [5, 5.41) is 0. The number of nitrogens with two attached hydrogens (primary N) is 1. The fourth-order valence-corrected chi connectivity index (χ4v) is 3.64. The van der Waals surface area contributed by atoms with Crippen molar-refractivity contribution in [2.75, 3.05) is 19.8 Å². The molecule has 2 aromatic rings. The number of carbonyl (C=O) groups excluding carboxylic acids is 1. The van der Waals surface area contributed by atoms with Crippen molar-refractivity contribution >= 4 is 5.91 Å². The first-order valence-corrected chi connectivity index (χ1v) is 11.8. The van der Waals surface area contributed by atoms with Crippen LogP contribution in [0.15, 0.2) is 54.6 Å². The highest BCUT2D eigenvalue weighted by molar-refractivity contribution is 5.82. The van der Waals surface area contributed by atoms with Crippen LogP contribution in [0.4, 0.5) is 0 Å². The lowest BCUT2D eigenvalue weighted by Gasteiger charge is -2.34. The molecule has 0 bridgehead atoms. The van der Waals surface area contributed by atoms with E-state index in [1.807, 2.05) is 96.1 Å². The molecule has 6 nitrogen and oxygen atoms in total. The summed E-state index contributed by atoms with van der Waals surface area (Å²) in [5.74, 6) is 0.660. The van der Waals surface area contributed by atoms with E-state index in [1.165, 1.54) is 0 Å². The van der Waals surface area contributed by atoms with E-state index in [2.05, 4.69) is 0 Å². The van der Waals surface area contributed by atoms with Crippen LogP contribution in [-0.2, 0) is 20.7 Å². The third kappa shape index (κ3) is 8.80. The molecule has 2 aromatic carbocycles. The summed E-state index contributed by atoms with van der Waals surface area (Å²) in [6, 6.07) is 16.8. The van der Waals surface area contributed by atoms with Crippen molar-refractivity contribution < 1.29 is 19.0 Å². The second-order valence-electron chi connectivity index (χ2n) is 9.09. The molecular weight excluding hydrogens is 416 g/mol. The summed E-state index contributed by atoms with van der Waals surface area (Å²) in [6.07, 6.45) is -0.0724. The standard InChI is InChI=1S/C27H40N2O4/c1-7-31-25(32-8-2)19-29(20(3)22-12-10-9-11-13-22)26(30)24(28)18-21-14-16-23(17-15-21)33-27(4,5)6/h9-17,20,24-25H,7-8,18-19,28H2,1-6H3. The first-order chi connectivity index (χ1) is 15.6. The Labute approximate surface area is 199 Å². The lowest BCUT2D eigenvalue weighted by molar-refractivity contribution is -0.163. The van der Waals surface area contributed by atoms with Gasteiger partial charge in [-0.25, -0.2) is 0 Å². The maximum absolute atomic E-state index is 13.5. The molecule has 0 saturated carbocycles. The lowest BCUT2D eigenvalue weighted by atomic mass is 10.0. The molecule has 2 N–H and O–H groups in total. The highest BCUT2D eigenvalue weighted by Gasteiger charge is 2.29. The minimum absolute atomic E-state index is 0.134. The molecule has 0 aromatic heterocycles. The number of carbonyl (C=O) groups is 1. The fraction of sp³-hybridized carbons (Fsp3) is 0.519. The van der Waals surface area contributed by atoms with Crippen LogP contribution in [0.1, 0.15) is 58.7 Å². The van der Waals surface area contributed by atoms with Gasteiger partial charge < -0.3 is 24.8 Å². The summed E-state index contributed by atoms with van der Waals surface area (Å²) in [5.41, 5.74) is 8.18. The molecule has 1 amide bonds. The van der Waals surface area contributed by atoms with E-state index in [0.717, 1.165) is 16.9 Å². The predicted molar refractivity (Wildman–Crippen MR) is 132 cm³/mol. The number of nitrogens with zero attached hydrogens (tertiary/aromatic N) is 1. The summed E-state index contributed by atoms with van der Waals surface area (Å²) in [7, 11) is 0. The zero-order chi connectivity index (χ0) is 24.4. The van der Waals surface area contributed by atoms with E-state index < -0.39 is 12.3 Å². The van der Waals surface area contributed by atoms with Crippen LogP contribution in [0.2, 0.25) is 0 Å². The quantitative estimate of drug-likeness (QED) is 0.468. The molecule has 182 valence electrons. The molecule has 33 heavy (non-hydrogen) atoms. The van der Waals surface area contributed by atoms with E-state index in [1.54, 1.807) is 4.90 Å². The van der Waals surface area contributed by atoms with Gasteiger partial charge in [0.25, 0.3) is 0 Å². The summed E-state index contributed by atoms with van der Waals surface area (Å²) in [6.45, 7) is 13.2. The number of ether oxygens (including phenoxy) is 3. The Kier molecular flexibility index (Phi) is 10.4. The molecule has 0 aliphatic carbocycles. The maximum Gasteiger partial charge on any atom is 0.240 e. The third-order valence-corrected chi connectivity index (χ3v) is 5.20. The highest BCUT2D eigenvalue weighted by Crippen LogP contribution is 2.23.